The number of carbonyl (C=O) groups excluding carboxylic acids is 1. The lowest BCUT2D eigenvalue weighted by Gasteiger charge is -2.12. The number of fused-ring (bicyclic) bond motifs is 1. The van der Waals surface area contributed by atoms with E-state index in [9.17, 15) is 9.18 Å². The van der Waals surface area contributed by atoms with Crippen molar-refractivity contribution in [1.82, 2.24) is 0 Å². The number of anilines is 1. The van der Waals surface area contributed by atoms with Crippen LogP contribution in [0.4, 0.5) is 10.1 Å². The predicted octanol–water partition coefficient (Wildman–Crippen LogP) is 7.34. The van der Waals surface area contributed by atoms with E-state index in [-0.39, 0.29) is 10.7 Å². The molecule has 0 aliphatic heterocycles. The minimum absolute atomic E-state index is 0.0501. The van der Waals surface area contributed by atoms with Gasteiger partial charge in [0.05, 0.1) is 25.7 Å². The molecule has 1 N–H and O–H groups in total. The first-order valence-corrected chi connectivity index (χ1v) is 11.0. The van der Waals surface area contributed by atoms with Crippen molar-refractivity contribution in [3.63, 3.8) is 0 Å². The van der Waals surface area contributed by atoms with Crippen molar-refractivity contribution in [2.45, 2.75) is 13.8 Å². The van der Waals surface area contributed by atoms with Crippen molar-refractivity contribution < 1.29 is 23.1 Å². The Bertz CT molecular complexity index is 1390. The molecule has 174 valence electrons. The number of ether oxygens (including phenoxy) is 2. The van der Waals surface area contributed by atoms with E-state index in [4.69, 9.17) is 25.5 Å². The second-order valence-corrected chi connectivity index (χ2v) is 8.04. The van der Waals surface area contributed by atoms with Gasteiger partial charge in [0.1, 0.15) is 22.9 Å². The Morgan fingerprint density at radius 1 is 1.18 bits per heavy atom. The average Bonchev–Trinajstić information content (AvgIpc) is 3.23. The zero-order valence-corrected chi connectivity index (χ0v) is 19.7. The largest absolute Gasteiger partial charge is 0.497 e. The van der Waals surface area contributed by atoms with Gasteiger partial charge in [-0.3, -0.25) is 4.79 Å². The van der Waals surface area contributed by atoms with Crippen LogP contribution < -0.4 is 14.8 Å². The quantitative estimate of drug-likeness (QED) is 0.282. The van der Waals surface area contributed by atoms with Gasteiger partial charge in [-0.2, -0.15) is 0 Å². The summed E-state index contributed by atoms with van der Waals surface area (Å²) in [6.45, 7) is 4.12. The summed E-state index contributed by atoms with van der Waals surface area (Å²) < 4.78 is 31.1. The number of hydrogen-bond donors (Lipinski definition) is 1. The number of hydrogen-bond acceptors (Lipinski definition) is 4. The Morgan fingerprint density at radius 2 is 2.00 bits per heavy atom. The normalized spacial score (nSPS) is 11.5. The lowest BCUT2D eigenvalue weighted by Crippen LogP contribution is -2.10. The molecule has 0 atom stereocenters. The highest BCUT2D eigenvalue weighted by Gasteiger charge is 2.16. The molecule has 0 saturated carbocycles. The molecule has 34 heavy (non-hydrogen) atoms. The van der Waals surface area contributed by atoms with E-state index in [0.717, 1.165) is 33.9 Å². The summed E-state index contributed by atoms with van der Waals surface area (Å²) in [5.41, 5.74) is 3.91. The van der Waals surface area contributed by atoms with Crippen molar-refractivity contribution in [3.05, 3.63) is 83.3 Å². The van der Waals surface area contributed by atoms with Gasteiger partial charge in [-0.1, -0.05) is 23.7 Å². The Balaban J connectivity index is 1.73. The minimum atomic E-state index is -0.607. The van der Waals surface area contributed by atoms with Crippen LogP contribution in [0.1, 0.15) is 19.4 Å². The fraction of sp³-hybridized carbons (Fsp3) is 0.148. The molecule has 1 aromatic heterocycles. The van der Waals surface area contributed by atoms with Gasteiger partial charge in [-0.05, 0) is 61.4 Å². The van der Waals surface area contributed by atoms with Crippen molar-refractivity contribution in [1.29, 1.82) is 0 Å². The van der Waals surface area contributed by atoms with E-state index in [1.54, 1.807) is 20.3 Å². The second-order valence-electron chi connectivity index (χ2n) is 7.60. The van der Waals surface area contributed by atoms with Crippen LogP contribution in [-0.2, 0) is 4.79 Å². The summed E-state index contributed by atoms with van der Waals surface area (Å²) >= 11 is 5.78. The zero-order chi connectivity index (χ0) is 24.2. The number of halogens is 2. The van der Waals surface area contributed by atoms with Gasteiger partial charge >= 0.3 is 0 Å². The van der Waals surface area contributed by atoms with Gasteiger partial charge in [0.2, 0.25) is 5.91 Å². The molecule has 1 amide bonds. The van der Waals surface area contributed by atoms with Crippen LogP contribution in [0.25, 0.3) is 27.7 Å². The maximum atomic E-state index is 14.1. The topological polar surface area (TPSA) is 60.7 Å². The van der Waals surface area contributed by atoms with E-state index < -0.39 is 11.7 Å². The molecular formula is C27H23ClFNO4. The van der Waals surface area contributed by atoms with Gasteiger partial charge in [0.25, 0.3) is 0 Å². The van der Waals surface area contributed by atoms with Gasteiger partial charge in [-0.15, -0.1) is 0 Å². The Hall–Kier alpha value is -3.77. The Morgan fingerprint density at radius 3 is 2.74 bits per heavy atom. The van der Waals surface area contributed by atoms with Gasteiger partial charge in [0, 0.05) is 33.7 Å². The molecule has 1 heterocycles. The van der Waals surface area contributed by atoms with E-state index in [1.165, 1.54) is 18.2 Å². The van der Waals surface area contributed by atoms with E-state index in [2.05, 4.69) is 5.32 Å². The molecule has 0 saturated heterocycles. The number of methoxy groups -OCH3 is 1. The highest BCUT2D eigenvalue weighted by Crippen LogP contribution is 2.38. The van der Waals surface area contributed by atoms with E-state index in [0.29, 0.717) is 23.5 Å². The fourth-order valence-corrected chi connectivity index (χ4v) is 3.85. The summed E-state index contributed by atoms with van der Waals surface area (Å²) in [4.78, 5) is 12.6. The average molecular weight is 480 g/mol. The number of amides is 1. The summed E-state index contributed by atoms with van der Waals surface area (Å²) in [7, 11) is 1.62. The van der Waals surface area contributed by atoms with Crippen molar-refractivity contribution in [2.24, 2.45) is 0 Å². The highest BCUT2D eigenvalue weighted by molar-refractivity contribution is 6.30. The van der Waals surface area contributed by atoms with E-state index >= 15 is 0 Å². The first-order chi connectivity index (χ1) is 16.4. The first kappa shape index (κ1) is 23.4. The lowest BCUT2D eigenvalue weighted by molar-refractivity contribution is -0.111. The van der Waals surface area contributed by atoms with Crippen LogP contribution in [0.2, 0.25) is 5.02 Å². The van der Waals surface area contributed by atoms with Crippen LogP contribution in [0.15, 0.2) is 71.4 Å². The third-order valence-corrected chi connectivity index (χ3v) is 5.55. The molecule has 0 fully saturated rings. The van der Waals surface area contributed by atoms with Gasteiger partial charge in [-0.25, -0.2) is 4.39 Å². The zero-order valence-electron chi connectivity index (χ0n) is 18.9. The van der Waals surface area contributed by atoms with Crippen LogP contribution >= 0.6 is 11.6 Å². The third kappa shape index (κ3) is 4.92. The lowest BCUT2D eigenvalue weighted by atomic mass is 9.99. The number of furan rings is 1. The molecule has 4 aromatic rings. The maximum absolute atomic E-state index is 14.1. The number of carbonyl (C=O) groups is 1. The van der Waals surface area contributed by atoms with Crippen molar-refractivity contribution in [3.8, 4) is 22.6 Å². The molecule has 3 aromatic carbocycles. The van der Waals surface area contributed by atoms with Crippen molar-refractivity contribution in [2.75, 3.05) is 19.0 Å². The molecule has 7 heteroatoms. The monoisotopic (exact) mass is 479 g/mol. The maximum Gasteiger partial charge on any atom is 0.248 e. The molecule has 0 aliphatic carbocycles. The van der Waals surface area contributed by atoms with E-state index in [1.807, 2.05) is 43.3 Å². The van der Waals surface area contributed by atoms with Crippen LogP contribution in [-0.4, -0.2) is 19.6 Å². The number of benzene rings is 3. The predicted molar refractivity (Wildman–Crippen MR) is 133 cm³/mol. The summed E-state index contributed by atoms with van der Waals surface area (Å²) in [6, 6.07) is 15.5. The molecular weight excluding hydrogens is 457 g/mol. The standard InChI is InChI=1S/C27H23ClFNO4/c1-4-33-25-14-26-21(22(15-34-26)17-6-5-7-19(11-17)32-3)13-20(25)16(2)10-27(31)30-24-9-8-18(28)12-23(24)29/h5-15H,4H2,1-3H3,(H,30,31)/b16-10+. The molecule has 0 bridgehead atoms. The van der Waals surface area contributed by atoms with Crippen LogP contribution in [0.3, 0.4) is 0 Å². The SMILES string of the molecule is CCOc1cc2occ(-c3cccc(OC)c3)c2cc1/C(C)=C/C(=O)Nc1ccc(Cl)cc1F. The van der Waals surface area contributed by atoms with Crippen molar-refractivity contribution >= 4 is 39.7 Å². The molecule has 4 rings (SSSR count). The number of rotatable bonds is 7. The van der Waals surface area contributed by atoms with Crippen LogP contribution in [0, 0.1) is 5.82 Å². The summed E-state index contributed by atoms with van der Waals surface area (Å²) in [5, 5.41) is 3.67. The second kappa shape index (κ2) is 10.0. The molecule has 0 unspecified atom stereocenters. The van der Waals surface area contributed by atoms with Gasteiger partial charge < -0.3 is 19.2 Å². The molecule has 5 nitrogen and oxygen atoms in total. The highest BCUT2D eigenvalue weighted by atomic mass is 35.5. The molecule has 0 spiro atoms. The minimum Gasteiger partial charge on any atom is -0.497 e. The number of nitrogens with one attached hydrogen (secondary N) is 1. The first-order valence-electron chi connectivity index (χ1n) is 10.7. The molecule has 0 radical (unpaired) electrons. The fourth-order valence-electron chi connectivity index (χ4n) is 3.69. The Labute approximate surface area is 201 Å². The smallest absolute Gasteiger partial charge is 0.248 e. The Kier molecular flexibility index (Phi) is 6.89. The summed E-state index contributed by atoms with van der Waals surface area (Å²) in [6.07, 6.45) is 3.09. The number of allylic oxidation sites excluding steroid dienone is 1. The third-order valence-electron chi connectivity index (χ3n) is 5.32. The summed E-state index contributed by atoms with van der Waals surface area (Å²) in [5.74, 6) is 0.243. The molecule has 0 aliphatic rings. The van der Waals surface area contributed by atoms with Crippen LogP contribution in [0.5, 0.6) is 11.5 Å². The van der Waals surface area contributed by atoms with Gasteiger partial charge in [0.15, 0.2) is 0 Å².